The van der Waals surface area contributed by atoms with Gasteiger partial charge < -0.3 is 14.5 Å². The van der Waals surface area contributed by atoms with E-state index in [4.69, 9.17) is 9.57 Å². The summed E-state index contributed by atoms with van der Waals surface area (Å²) in [6.45, 7) is 40.7. The van der Waals surface area contributed by atoms with Crippen molar-refractivity contribution in [2.24, 2.45) is 5.41 Å². The third-order valence-corrected chi connectivity index (χ3v) is 5.52. The normalized spacial score (nSPS) is 18.0. The van der Waals surface area contributed by atoms with Crippen molar-refractivity contribution in [2.45, 2.75) is 168 Å². The molecule has 2 aliphatic heterocycles. The van der Waals surface area contributed by atoms with Crippen molar-refractivity contribution in [3.8, 4) is 0 Å². The maximum absolute atomic E-state index is 5.95. The quantitative estimate of drug-likeness (QED) is 0.259. The molecule has 0 aromatic heterocycles. The highest BCUT2D eigenvalue weighted by atomic mass is 16.7. The highest BCUT2D eigenvalue weighted by Crippen LogP contribution is 2.26. The number of hydrogen-bond donors (Lipinski definition) is 0. The van der Waals surface area contributed by atoms with E-state index >= 15 is 0 Å². The Bertz CT molecular complexity index is 393. The molecule has 246 valence electrons. The topological polar surface area (TPSA) is 28.2 Å². The number of likely N-dealkylation sites (N-methyl/N-ethyl adjacent to an activating group) is 2. The molecular weight excluding hydrogens is 482 g/mol. The Morgan fingerprint density at radius 2 is 1.10 bits per heavy atom. The van der Waals surface area contributed by atoms with Gasteiger partial charge in [-0.1, -0.05) is 110 Å². The van der Waals surface area contributed by atoms with Gasteiger partial charge >= 0.3 is 0 Å². The van der Waals surface area contributed by atoms with E-state index in [1.807, 2.05) is 88.1 Å². The fourth-order valence-corrected chi connectivity index (χ4v) is 3.94. The second-order valence-electron chi connectivity index (χ2n) is 9.65. The van der Waals surface area contributed by atoms with Crippen molar-refractivity contribution in [2.75, 3.05) is 53.9 Å². The second-order valence-corrected chi connectivity index (χ2v) is 9.65. The summed E-state index contributed by atoms with van der Waals surface area (Å²) in [5, 5.41) is 2.04. The van der Waals surface area contributed by atoms with Crippen LogP contribution in [0.5, 0.6) is 0 Å². The summed E-state index contributed by atoms with van der Waals surface area (Å²) >= 11 is 0. The van der Waals surface area contributed by atoms with Crippen LogP contribution >= 0.6 is 0 Å². The molecule has 0 N–H and O–H groups in total. The van der Waals surface area contributed by atoms with Crippen molar-refractivity contribution >= 4 is 0 Å². The van der Waals surface area contributed by atoms with Crippen LogP contribution in [0.4, 0.5) is 0 Å². The Balaban J connectivity index is -0.000000106. The number of ether oxygens (including phenoxy) is 1. The lowest BCUT2D eigenvalue weighted by atomic mass is 9.85. The monoisotopic (exact) mass is 566 g/mol. The molecule has 0 radical (unpaired) electrons. The Kier molecular flexibility index (Phi) is 52.8. The van der Waals surface area contributed by atoms with Crippen LogP contribution in [0.2, 0.25) is 0 Å². The predicted octanol–water partition coefficient (Wildman–Crippen LogP) is 10.0. The number of hydrogen-bond acceptors (Lipinski definition) is 5. The van der Waals surface area contributed by atoms with E-state index in [2.05, 4.69) is 65.6 Å². The van der Waals surface area contributed by atoms with Crippen LogP contribution in [0.3, 0.4) is 0 Å². The Hall–Kier alpha value is -0.200. The second kappa shape index (κ2) is 39.9. The van der Waals surface area contributed by atoms with Gasteiger partial charge in [0.15, 0.2) is 0 Å². The van der Waals surface area contributed by atoms with Crippen LogP contribution in [-0.2, 0) is 9.57 Å². The van der Waals surface area contributed by atoms with Crippen molar-refractivity contribution in [3.05, 3.63) is 0 Å². The van der Waals surface area contributed by atoms with Gasteiger partial charge in [-0.3, -0.25) is 4.84 Å². The standard InChI is InChI=1S/C14H30N2O.C8H17NO.6C2H6/c1-6-8-14(2,3)9-11-16(5)17-13-7-10-15(4)12-13;1-7(2)10-8-4-5-9(3)6-8;6*1-2/h13H,6-12H2,1-5H3;7-8H,4-6H2,1-3H3;6*1-2H3. The smallest absolute Gasteiger partial charge is 0.0931 e. The minimum absolute atomic E-state index is 0.386. The summed E-state index contributed by atoms with van der Waals surface area (Å²) in [6, 6.07) is 0. The first-order chi connectivity index (χ1) is 18.6. The number of hydroxylamine groups is 2. The first-order valence-corrected chi connectivity index (χ1v) is 17.0. The van der Waals surface area contributed by atoms with Gasteiger partial charge in [0.2, 0.25) is 0 Å². The van der Waals surface area contributed by atoms with Gasteiger partial charge in [-0.2, -0.15) is 5.06 Å². The molecule has 5 heteroatoms. The van der Waals surface area contributed by atoms with Crippen LogP contribution in [0, 0.1) is 5.41 Å². The van der Waals surface area contributed by atoms with E-state index in [1.54, 1.807) is 0 Å². The van der Waals surface area contributed by atoms with Crippen LogP contribution in [0.1, 0.15) is 150 Å². The van der Waals surface area contributed by atoms with E-state index in [1.165, 1.54) is 45.2 Å². The summed E-state index contributed by atoms with van der Waals surface area (Å²) in [4.78, 5) is 10.6. The lowest BCUT2D eigenvalue weighted by molar-refractivity contribution is -0.179. The van der Waals surface area contributed by atoms with Crippen molar-refractivity contribution in [1.82, 2.24) is 14.9 Å². The Labute approximate surface area is 251 Å². The van der Waals surface area contributed by atoms with Crippen LogP contribution in [0.25, 0.3) is 0 Å². The molecule has 2 unspecified atom stereocenters. The molecule has 2 rings (SSSR count). The van der Waals surface area contributed by atoms with Gasteiger partial charge in [-0.25, -0.2) is 0 Å². The minimum atomic E-state index is 0.386. The maximum Gasteiger partial charge on any atom is 0.0931 e. The highest BCUT2D eigenvalue weighted by molar-refractivity contribution is 4.74. The molecule has 2 saturated heterocycles. The fourth-order valence-electron chi connectivity index (χ4n) is 3.94. The summed E-state index contributed by atoms with van der Waals surface area (Å²) in [7, 11) is 6.37. The van der Waals surface area contributed by atoms with Crippen LogP contribution in [-0.4, -0.2) is 87.0 Å². The number of nitrogens with zero attached hydrogens (tertiary/aromatic N) is 3. The zero-order valence-electron chi connectivity index (χ0n) is 31.5. The molecule has 0 spiro atoms. The first-order valence-electron chi connectivity index (χ1n) is 17.0. The zero-order valence-corrected chi connectivity index (χ0v) is 31.5. The van der Waals surface area contributed by atoms with E-state index in [0.717, 1.165) is 19.6 Å². The third kappa shape index (κ3) is 37.8. The van der Waals surface area contributed by atoms with Crippen LogP contribution < -0.4 is 0 Å². The van der Waals surface area contributed by atoms with Gasteiger partial charge in [-0.15, -0.1) is 0 Å². The molecule has 0 amide bonds. The van der Waals surface area contributed by atoms with Gasteiger partial charge in [0.1, 0.15) is 0 Å². The molecule has 0 aromatic rings. The number of rotatable bonds is 9. The summed E-state index contributed by atoms with van der Waals surface area (Å²) < 4.78 is 5.64. The van der Waals surface area contributed by atoms with E-state index in [-0.39, 0.29) is 0 Å². The molecule has 0 aromatic carbocycles. The molecule has 39 heavy (non-hydrogen) atoms. The molecule has 2 heterocycles. The Morgan fingerprint density at radius 3 is 1.41 bits per heavy atom. The molecule has 5 nitrogen and oxygen atoms in total. The third-order valence-electron chi connectivity index (χ3n) is 5.52. The fraction of sp³-hybridized carbons (Fsp3) is 1.00. The summed E-state index contributed by atoms with van der Waals surface area (Å²) in [5.41, 5.74) is 0.443. The molecule has 0 saturated carbocycles. The first kappa shape index (κ1) is 51.5. The molecular formula is C34H83N3O2. The molecule has 2 atom stereocenters. The van der Waals surface area contributed by atoms with Gasteiger partial charge in [0.25, 0.3) is 0 Å². The lowest BCUT2D eigenvalue weighted by Crippen LogP contribution is -2.31. The number of likely N-dealkylation sites (tertiary alicyclic amines) is 2. The molecule has 0 aliphatic carbocycles. The van der Waals surface area contributed by atoms with Gasteiger partial charge in [-0.05, 0) is 59.0 Å². The van der Waals surface area contributed by atoms with E-state index < -0.39 is 0 Å². The zero-order chi connectivity index (χ0) is 32.4. The molecule has 2 aliphatic rings. The van der Waals surface area contributed by atoms with Crippen molar-refractivity contribution in [1.29, 1.82) is 0 Å². The van der Waals surface area contributed by atoms with E-state index in [9.17, 15) is 0 Å². The van der Waals surface area contributed by atoms with Gasteiger partial charge in [0, 0.05) is 39.8 Å². The average Bonchev–Trinajstić information content (AvgIpc) is 3.56. The van der Waals surface area contributed by atoms with Crippen molar-refractivity contribution in [3.63, 3.8) is 0 Å². The summed E-state index contributed by atoms with van der Waals surface area (Å²) in [5.74, 6) is 0. The average molecular weight is 566 g/mol. The van der Waals surface area contributed by atoms with E-state index in [0.29, 0.717) is 23.7 Å². The predicted molar refractivity (Wildman–Crippen MR) is 183 cm³/mol. The summed E-state index contributed by atoms with van der Waals surface area (Å²) in [6.07, 6.45) is 7.42. The minimum Gasteiger partial charge on any atom is -0.374 e. The molecule has 0 bridgehead atoms. The molecule has 2 fully saturated rings. The highest BCUT2D eigenvalue weighted by Gasteiger charge is 2.23. The van der Waals surface area contributed by atoms with Crippen molar-refractivity contribution < 1.29 is 9.57 Å². The maximum atomic E-state index is 5.95. The SMILES string of the molecule is CC.CC.CC.CC.CC.CC.CC(C)OC1CCN(C)C1.CCCC(C)(C)CCN(C)OC1CCN(C)C1. The van der Waals surface area contributed by atoms with Crippen LogP contribution in [0.15, 0.2) is 0 Å². The Morgan fingerprint density at radius 1 is 0.718 bits per heavy atom. The lowest BCUT2D eigenvalue weighted by Gasteiger charge is -2.28. The largest absolute Gasteiger partial charge is 0.374 e. The van der Waals surface area contributed by atoms with Gasteiger partial charge in [0.05, 0.1) is 18.3 Å².